The highest BCUT2D eigenvalue weighted by Gasteiger charge is 1.94. The minimum atomic E-state index is 0.798. The first kappa shape index (κ1) is 8.65. The highest BCUT2D eigenvalue weighted by Crippen LogP contribution is 2.00. The lowest BCUT2D eigenvalue weighted by Crippen LogP contribution is -1.93. The maximum absolute atomic E-state index is 4.09. The average molecular weight is 160 g/mol. The second-order valence-corrected chi connectivity index (χ2v) is 2.49. The minimum Gasteiger partial charge on any atom is -0.241 e. The molecule has 12 heavy (non-hydrogen) atoms. The second kappa shape index (κ2) is 4.44. The van der Waals surface area contributed by atoms with Gasteiger partial charge in [0.1, 0.15) is 6.33 Å². The van der Waals surface area contributed by atoms with E-state index in [4.69, 9.17) is 0 Å². The van der Waals surface area contributed by atoms with Crippen molar-refractivity contribution in [3.8, 4) is 0 Å². The summed E-state index contributed by atoms with van der Waals surface area (Å²) < 4.78 is 0. The zero-order chi connectivity index (χ0) is 8.81. The average Bonchev–Trinajstić information content (AvgIpc) is 2.06. The van der Waals surface area contributed by atoms with Crippen LogP contribution in [0.3, 0.4) is 0 Å². The molecule has 1 aromatic heterocycles. The van der Waals surface area contributed by atoms with Crippen LogP contribution in [0.25, 0.3) is 0 Å². The molecule has 0 aromatic carbocycles. The first-order valence-electron chi connectivity index (χ1n) is 3.88. The predicted octanol–water partition coefficient (Wildman–Crippen LogP) is 1.93. The fourth-order valence-electron chi connectivity index (χ4n) is 0.963. The Balaban J connectivity index is 2.79. The summed E-state index contributed by atoms with van der Waals surface area (Å²) in [6, 6.07) is 1.98. The molecule has 2 heteroatoms. The Morgan fingerprint density at radius 2 is 1.58 bits per heavy atom. The van der Waals surface area contributed by atoms with Gasteiger partial charge in [0, 0.05) is 24.2 Å². The standard InChI is InChI=1S/C10H12N2/c1-3-5-9-7-10(6-4-2)12-8-11-9/h3-4,7-8H,1-2,5-6H2. The van der Waals surface area contributed by atoms with Crippen LogP contribution in [0.2, 0.25) is 0 Å². The van der Waals surface area contributed by atoms with Gasteiger partial charge in [0.15, 0.2) is 0 Å². The number of aromatic nitrogens is 2. The monoisotopic (exact) mass is 160 g/mol. The van der Waals surface area contributed by atoms with Crippen LogP contribution >= 0.6 is 0 Å². The van der Waals surface area contributed by atoms with Crippen LogP contribution in [0.4, 0.5) is 0 Å². The first-order valence-corrected chi connectivity index (χ1v) is 3.88. The van der Waals surface area contributed by atoms with Crippen molar-refractivity contribution < 1.29 is 0 Å². The van der Waals surface area contributed by atoms with Crippen LogP contribution < -0.4 is 0 Å². The Labute approximate surface area is 72.7 Å². The van der Waals surface area contributed by atoms with E-state index in [0.29, 0.717) is 0 Å². The van der Waals surface area contributed by atoms with E-state index < -0.39 is 0 Å². The molecule has 0 amide bonds. The Morgan fingerprint density at radius 3 is 2.00 bits per heavy atom. The summed E-state index contributed by atoms with van der Waals surface area (Å²) in [5.41, 5.74) is 2.02. The molecule has 0 aliphatic carbocycles. The van der Waals surface area contributed by atoms with Gasteiger partial charge in [-0.1, -0.05) is 12.2 Å². The van der Waals surface area contributed by atoms with E-state index in [9.17, 15) is 0 Å². The Kier molecular flexibility index (Phi) is 3.20. The van der Waals surface area contributed by atoms with Crippen LogP contribution in [-0.4, -0.2) is 9.97 Å². The van der Waals surface area contributed by atoms with Crippen LogP contribution in [-0.2, 0) is 12.8 Å². The zero-order valence-corrected chi connectivity index (χ0v) is 7.03. The molecule has 0 unspecified atom stereocenters. The molecule has 0 fully saturated rings. The molecule has 0 atom stereocenters. The fraction of sp³-hybridized carbons (Fsp3) is 0.200. The molecule has 0 N–H and O–H groups in total. The molecule has 2 nitrogen and oxygen atoms in total. The van der Waals surface area contributed by atoms with Gasteiger partial charge < -0.3 is 0 Å². The van der Waals surface area contributed by atoms with Crippen LogP contribution in [0.15, 0.2) is 37.7 Å². The van der Waals surface area contributed by atoms with Crippen molar-refractivity contribution in [2.75, 3.05) is 0 Å². The highest BCUT2D eigenvalue weighted by atomic mass is 14.8. The van der Waals surface area contributed by atoms with Gasteiger partial charge in [-0.25, -0.2) is 9.97 Å². The third-order valence-corrected chi connectivity index (χ3v) is 1.49. The van der Waals surface area contributed by atoms with E-state index in [0.717, 1.165) is 24.2 Å². The SMILES string of the molecule is C=CCc1cc(CC=C)ncn1. The van der Waals surface area contributed by atoms with E-state index in [2.05, 4.69) is 23.1 Å². The maximum Gasteiger partial charge on any atom is 0.115 e. The van der Waals surface area contributed by atoms with Gasteiger partial charge in [-0.3, -0.25) is 0 Å². The van der Waals surface area contributed by atoms with E-state index in [1.807, 2.05) is 18.2 Å². The summed E-state index contributed by atoms with van der Waals surface area (Å²) in [4.78, 5) is 8.19. The summed E-state index contributed by atoms with van der Waals surface area (Å²) in [6.07, 6.45) is 6.84. The summed E-state index contributed by atoms with van der Waals surface area (Å²) in [5, 5.41) is 0. The van der Waals surface area contributed by atoms with Crippen molar-refractivity contribution in [1.82, 2.24) is 9.97 Å². The quantitative estimate of drug-likeness (QED) is 0.629. The lowest BCUT2D eigenvalue weighted by Gasteiger charge is -1.97. The molecule has 0 saturated carbocycles. The first-order chi connectivity index (χ1) is 5.86. The molecule has 62 valence electrons. The third kappa shape index (κ3) is 2.31. The molecule has 0 aliphatic heterocycles. The molecule has 0 radical (unpaired) electrons. The summed E-state index contributed by atoms with van der Waals surface area (Å²) >= 11 is 0. The van der Waals surface area contributed by atoms with E-state index in [1.54, 1.807) is 6.33 Å². The van der Waals surface area contributed by atoms with E-state index >= 15 is 0 Å². The second-order valence-electron chi connectivity index (χ2n) is 2.49. The lowest BCUT2D eigenvalue weighted by atomic mass is 10.2. The lowest BCUT2D eigenvalue weighted by molar-refractivity contribution is 0.988. The minimum absolute atomic E-state index is 0.798. The normalized spacial score (nSPS) is 9.33. The largest absolute Gasteiger partial charge is 0.241 e. The molecule has 1 heterocycles. The molecule has 0 saturated heterocycles. The smallest absolute Gasteiger partial charge is 0.115 e. The Morgan fingerprint density at radius 1 is 1.08 bits per heavy atom. The van der Waals surface area contributed by atoms with E-state index in [1.165, 1.54) is 0 Å². The Bertz CT molecular complexity index is 254. The van der Waals surface area contributed by atoms with E-state index in [-0.39, 0.29) is 0 Å². The van der Waals surface area contributed by atoms with Crippen LogP contribution in [0.1, 0.15) is 11.4 Å². The van der Waals surface area contributed by atoms with Crippen molar-refractivity contribution in [3.63, 3.8) is 0 Å². The predicted molar refractivity (Wildman–Crippen MR) is 49.8 cm³/mol. The molecule has 1 rings (SSSR count). The summed E-state index contributed by atoms with van der Waals surface area (Å²) in [6.45, 7) is 7.30. The van der Waals surface area contributed by atoms with Gasteiger partial charge in [-0.15, -0.1) is 13.2 Å². The van der Waals surface area contributed by atoms with Crippen molar-refractivity contribution in [2.24, 2.45) is 0 Å². The molecule has 0 bridgehead atoms. The van der Waals surface area contributed by atoms with Gasteiger partial charge >= 0.3 is 0 Å². The van der Waals surface area contributed by atoms with Crippen molar-refractivity contribution in [3.05, 3.63) is 49.1 Å². The maximum atomic E-state index is 4.09. The molecule has 1 aromatic rings. The van der Waals surface area contributed by atoms with Crippen LogP contribution in [0.5, 0.6) is 0 Å². The third-order valence-electron chi connectivity index (χ3n) is 1.49. The number of rotatable bonds is 4. The molecule has 0 aliphatic rings. The Hall–Kier alpha value is -1.44. The zero-order valence-electron chi connectivity index (χ0n) is 7.03. The van der Waals surface area contributed by atoms with Crippen molar-refractivity contribution >= 4 is 0 Å². The topological polar surface area (TPSA) is 25.8 Å². The summed E-state index contributed by atoms with van der Waals surface area (Å²) in [7, 11) is 0. The number of hydrogen-bond acceptors (Lipinski definition) is 2. The molecular weight excluding hydrogens is 148 g/mol. The van der Waals surface area contributed by atoms with Gasteiger partial charge in [0.25, 0.3) is 0 Å². The van der Waals surface area contributed by atoms with Gasteiger partial charge in [-0.2, -0.15) is 0 Å². The van der Waals surface area contributed by atoms with Crippen molar-refractivity contribution in [2.45, 2.75) is 12.8 Å². The van der Waals surface area contributed by atoms with Gasteiger partial charge in [-0.05, 0) is 6.07 Å². The van der Waals surface area contributed by atoms with Gasteiger partial charge in [0.2, 0.25) is 0 Å². The fourth-order valence-corrected chi connectivity index (χ4v) is 0.963. The van der Waals surface area contributed by atoms with Crippen molar-refractivity contribution in [1.29, 1.82) is 0 Å². The number of nitrogens with zero attached hydrogens (tertiary/aromatic N) is 2. The highest BCUT2D eigenvalue weighted by molar-refractivity contribution is 5.12. The number of allylic oxidation sites excluding steroid dienone is 2. The van der Waals surface area contributed by atoms with Gasteiger partial charge in [0.05, 0.1) is 0 Å². The van der Waals surface area contributed by atoms with Crippen LogP contribution in [0, 0.1) is 0 Å². The molecular formula is C10H12N2. The summed E-state index contributed by atoms with van der Waals surface area (Å²) in [5.74, 6) is 0. The number of hydrogen-bond donors (Lipinski definition) is 0. The molecule has 0 spiro atoms.